The summed E-state index contributed by atoms with van der Waals surface area (Å²) in [5.74, 6) is 0. The van der Waals surface area contributed by atoms with Crippen LogP contribution in [0.5, 0.6) is 0 Å². The third-order valence-corrected chi connectivity index (χ3v) is 11.7. The van der Waals surface area contributed by atoms with Gasteiger partial charge in [-0.15, -0.1) is 11.3 Å². The zero-order valence-electron chi connectivity index (χ0n) is 27.6. The first-order valence-corrected chi connectivity index (χ1v) is 18.2. The van der Waals surface area contributed by atoms with Crippen LogP contribution in [0.1, 0.15) is 0 Å². The lowest BCUT2D eigenvalue weighted by Crippen LogP contribution is -1.94. The van der Waals surface area contributed by atoms with Crippen LogP contribution in [0, 0.1) is 0 Å². The van der Waals surface area contributed by atoms with Crippen molar-refractivity contribution >= 4 is 75.1 Å². The van der Waals surface area contributed by atoms with Gasteiger partial charge in [-0.25, -0.2) is 0 Å². The van der Waals surface area contributed by atoms with Crippen molar-refractivity contribution in [2.24, 2.45) is 0 Å². The molecule has 3 heteroatoms. The molecule has 2 nitrogen and oxygen atoms in total. The van der Waals surface area contributed by atoms with Crippen LogP contribution in [-0.2, 0) is 0 Å². The molecule has 11 aromatic rings. The fourth-order valence-corrected chi connectivity index (χ4v) is 9.23. The number of hydrogen-bond donors (Lipinski definition) is 0. The highest BCUT2D eigenvalue weighted by molar-refractivity contribution is 7.25. The minimum absolute atomic E-state index is 1.16. The predicted molar refractivity (Wildman–Crippen MR) is 219 cm³/mol. The average molecular weight is 667 g/mol. The highest BCUT2D eigenvalue weighted by atomic mass is 32.1. The lowest BCUT2D eigenvalue weighted by molar-refractivity contribution is 1.18. The van der Waals surface area contributed by atoms with Gasteiger partial charge in [0.25, 0.3) is 0 Å². The van der Waals surface area contributed by atoms with Crippen LogP contribution in [0.2, 0.25) is 0 Å². The van der Waals surface area contributed by atoms with Crippen molar-refractivity contribution in [3.8, 4) is 33.6 Å². The number of thiophene rings is 1. The highest BCUT2D eigenvalue weighted by Gasteiger charge is 2.16. The maximum atomic E-state index is 2.42. The molecule has 238 valence electrons. The van der Waals surface area contributed by atoms with Crippen LogP contribution in [-0.4, -0.2) is 9.13 Å². The molecule has 0 aliphatic rings. The Bertz CT molecular complexity index is 3120. The lowest BCUT2D eigenvalue weighted by Gasteiger charge is -2.11. The molecule has 0 atom stereocenters. The summed E-state index contributed by atoms with van der Waals surface area (Å²) in [7, 11) is 0. The molecule has 11 rings (SSSR count). The molecule has 0 radical (unpaired) electrons. The summed E-state index contributed by atoms with van der Waals surface area (Å²) in [4.78, 5) is 0. The molecule has 51 heavy (non-hydrogen) atoms. The van der Waals surface area contributed by atoms with E-state index < -0.39 is 0 Å². The molecule has 3 heterocycles. The van der Waals surface area contributed by atoms with E-state index in [0.29, 0.717) is 0 Å². The molecule has 0 aliphatic carbocycles. The summed E-state index contributed by atoms with van der Waals surface area (Å²) in [5, 5.41) is 7.71. The summed E-state index contributed by atoms with van der Waals surface area (Å²) < 4.78 is 7.47. The standard InChI is InChI=1S/C48H30N2S/c1-2-10-35(11-3-1)49-44-16-8-5-13-38(44)41-28-33(21-26-45(41)49)34-20-25-39-37-12-4-7-15-43(37)50(46(39)30-34)36-23-18-31(19-24-36)32-22-27-48-42(29-32)40-14-6-9-17-47(40)51-48/h1-30H. The second kappa shape index (κ2) is 11.0. The van der Waals surface area contributed by atoms with E-state index >= 15 is 0 Å². The maximum Gasteiger partial charge on any atom is 0.0547 e. The number of fused-ring (bicyclic) bond motifs is 9. The van der Waals surface area contributed by atoms with Crippen LogP contribution in [0.25, 0.3) is 97.4 Å². The fourth-order valence-electron chi connectivity index (χ4n) is 8.14. The van der Waals surface area contributed by atoms with Crippen LogP contribution in [0.3, 0.4) is 0 Å². The topological polar surface area (TPSA) is 9.86 Å². The largest absolute Gasteiger partial charge is 0.309 e. The van der Waals surface area contributed by atoms with Gasteiger partial charge in [-0.05, 0) is 95.1 Å². The van der Waals surface area contributed by atoms with E-state index in [2.05, 4.69) is 191 Å². The quantitative estimate of drug-likeness (QED) is 0.177. The summed E-state index contributed by atoms with van der Waals surface area (Å²) in [6.45, 7) is 0. The van der Waals surface area contributed by atoms with Gasteiger partial charge in [0.15, 0.2) is 0 Å². The van der Waals surface area contributed by atoms with Gasteiger partial charge in [0.2, 0.25) is 0 Å². The van der Waals surface area contributed by atoms with Crippen LogP contribution in [0.15, 0.2) is 182 Å². The normalized spacial score (nSPS) is 11.9. The van der Waals surface area contributed by atoms with Gasteiger partial charge in [-0.2, -0.15) is 0 Å². The van der Waals surface area contributed by atoms with Crippen molar-refractivity contribution in [3.05, 3.63) is 182 Å². The minimum Gasteiger partial charge on any atom is -0.309 e. The van der Waals surface area contributed by atoms with Gasteiger partial charge in [0, 0.05) is 53.1 Å². The Morgan fingerprint density at radius 3 is 1.57 bits per heavy atom. The zero-order chi connectivity index (χ0) is 33.5. The van der Waals surface area contributed by atoms with Crippen molar-refractivity contribution in [2.45, 2.75) is 0 Å². The average Bonchev–Trinajstić information content (AvgIpc) is 3.85. The maximum absolute atomic E-state index is 2.42. The second-order valence-electron chi connectivity index (χ2n) is 13.4. The third kappa shape index (κ3) is 4.35. The van der Waals surface area contributed by atoms with Crippen LogP contribution < -0.4 is 0 Å². The van der Waals surface area contributed by atoms with Gasteiger partial charge < -0.3 is 9.13 Å². The third-order valence-electron chi connectivity index (χ3n) is 10.5. The second-order valence-corrected chi connectivity index (χ2v) is 14.4. The van der Waals surface area contributed by atoms with Crippen molar-refractivity contribution < 1.29 is 0 Å². The van der Waals surface area contributed by atoms with E-state index in [1.54, 1.807) is 0 Å². The Kier molecular flexibility index (Phi) is 6.16. The summed E-state index contributed by atoms with van der Waals surface area (Å²) >= 11 is 1.86. The summed E-state index contributed by atoms with van der Waals surface area (Å²) in [5.41, 5.74) is 12.1. The molecule has 0 amide bonds. The number of aromatic nitrogens is 2. The first-order valence-electron chi connectivity index (χ1n) is 17.4. The minimum atomic E-state index is 1.16. The molecule has 0 bridgehead atoms. The van der Waals surface area contributed by atoms with Crippen molar-refractivity contribution in [1.82, 2.24) is 9.13 Å². The lowest BCUT2D eigenvalue weighted by atomic mass is 10.0. The number of nitrogens with zero attached hydrogens (tertiary/aromatic N) is 2. The Hall–Kier alpha value is -6.42. The molecular formula is C48H30N2S. The van der Waals surface area contributed by atoms with E-state index in [-0.39, 0.29) is 0 Å². The van der Waals surface area contributed by atoms with Gasteiger partial charge >= 0.3 is 0 Å². The first kappa shape index (κ1) is 28.4. The van der Waals surface area contributed by atoms with Crippen molar-refractivity contribution in [1.29, 1.82) is 0 Å². The first-order chi connectivity index (χ1) is 25.3. The SMILES string of the molecule is c1ccc(-n2c3ccccc3c3cc(-c4ccc5c6ccccc6n(-c6ccc(-c7ccc8sc9ccccc9c8c7)cc6)c5c4)ccc32)cc1. The molecule has 0 fully saturated rings. The number of hydrogen-bond acceptors (Lipinski definition) is 1. The molecule has 0 saturated carbocycles. The Labute approximate surface area is 298 Å². The van der Waals surface area contributed by atoms with Gasteiger partial charge in [0.05, 0.1) is 22.1 Å². The molecule has 8 aromatic carbocycles. The summed E-state index contributed by atoms with van der Waals surface area (Å²) in [6.07, 6.45) is 0. The Morgan fingerprint density at radius 2 is 0.765 bits per heavy atom. The van der Waals surface area contributed by atoms with Crippen LogP contribution >= 0.6 is 11.3 Å². The molecule has 0 N–H and O–H groups in total. The fraction of sp³-hybridized carbons (Fsp3) is 0. The molecule has 0 aliphatic heterocycles. The van der Waals surface area contributed by atoms with E-state index in [1.807, 2.05) is 11.3 Å². The van der Waals surface area contributed by atoms with Crippen LogP contribution in [0.4, 0.5) is 0 Å². The number of rotatable bonds is 4. The van der Waals surface area contributed by atoms with E-state index in [4.69, 9.17) is 0 Å². The van der Waals surface area contributed by atoms with Crippen molar-refractivity contribution in [2.75, 3.05) is 0 Å². The number of benzene rings is 8. The van der Waals surface area contributed by atoms with E-state index in [9.17, 15) is 0 Å². The van der Waals surface area contributed by atoms with Gasteiger partial charge in [-0.1, -0.05) is 109 Å². The smallest absolute Gasteiger partial charge is 0.0547 e. The van der Waals surface area contributed by atoms with Gasteiger partial charge in [-0.3, -0.25) is 0 Å². The molecule has 0 spiro atoms. The predicted octanol–water partition coefficient (Wildman–Crippen LogP) is 13.6. The monoisotopic (exact) mass is 666 g/mol. The van der Waals surface area contributed by atoms with Gasteiger partial charge in [0.1, 0.15) is 0 Å². The van der Waals surface area contributed by atoms with Crippen molar-refractivity contribution in [3.63, 3.8) is 0 Å². The molecule has 3 aromatic heterocycles. The zero-order valence-corrected chi connectivity index (χ0v) is 28.4. The number of para-hydroxylation sites is 3. The molecule has 0 saturated heterocycles. The molecule has 0 unspecified atom stereocenters. The Morgan fingerprint density at radius 1 is 0.275 bits per heavy atom. The summed E-state index contributed by atoms with van der Waals surface area (Å²) in [6, 6.07) is 66.7. The molecular weight excluding hydrogens is 637 g/mol. The van der Waals surface area contributed by atoms with E-state index in [0.717, 1.165) is 5.69 Å². The Balaban J connectivity index is 1.05. The highest BCUT2D eigenvalue weighted by Crippen LogP contribution is 2.39. The van der Waals surface area contributed by atoms with E-state index in [1.165, 1.54) is 91.7 Å².